The van der Waals surface area contributed by atoms with Crippen molar-refractivity contribution in [2.24, 2.45) is 5.92 Å². The summed E-state index contributed by atoms with van der Waals surface area (Å²) in [7, 11) is 0. The maximum absolute atomic E-state index is 12.5. The Labute approximate surface area is 140 Å². The molecule has 1 saturated carbocycles. The Kier molecular flexibility index (Phi) is 6.72. The fraction of sp³-hybridized carbons (Fsp3) is 0.944. The van der Waals surface area contributed by atoms with Crippen LogP contribution in [-0.4, -0.2) is 67.9 Å². The Morgan fingerprint density at radius 2 is 1.70 bits per heavy atom. The number of amides is 1. The first-order chi connectivity index (χ1) is 11.3. The quantitative estimate of drug-likeness (QED) is 0.778. The second-order valence-corrected chi connectivity index (χ2v) is 7.17. The number of nitrogens with zero attached hydrogens (tertiary/aromatic N) is 2. The number of ether oxygens (including phenoxy) is 2. The van der Waals surface area contributed by atoms with Crippen molar-refractivity contribution in [1.82, 2.24) is 9.80 Å². The van der Waals surface area contributed by atoms with Crippen LogP contribution in [0.4, 0.5) is 0 Å². The van der Waals surface area contributed by atoms with Gasteiger partial charge in [-0.25, -0.2) is 0 Å². The van der Waals surface area contributed by atoms with E-state index in [9.17, 15) is 4.79 Å². The molecule has 0 bridgehead atoms. The fourth-order valence-electron chi connectivity index (χ4n) is 3.96. The van der Waals surface area contributed by atoms with Crippen molar-refractivity contribution in [2.75, 3.05) is 45.9 Å². The second kappa shape index (κ2) is 9.00. The van der Waals surface area contributed by atoms with E-state index in [0.717, 1.165) is 71.6 Å². The molecule has 2 heterocycles. The van der Waals surface area contributed by atoms with E-state index in [1.165, 1.54) is 25.7 Å². The van der Waals surface area contributed by atoms with Crippen molar-refractivity contribution in [3.05, 3.63) is 0 Å². The molecule has 23 heavy (non-hydrogen) atoms. The van der Waals surface area contributed by atoms with Crippen molar-refractivity contribution in [1.29, 1.82) is 0 Å². The third kappa shape index (κ3) is 5.16. The zero-order valence-electron chi connectivity index (χ0n) is 14.4. The van der Waals surface area contributed by atoms with Gasteiger partial charge in [-0.1, -0.05) is 19.3 Å². The van der Waals surface area contributed by atoms with Crippen molar-refractivity contribution in [3.8, 4) is 0 Å². The lowest BCUT2D eigenvalue weighted by molar-refractivity contribution is -0.164. The van der Waals surface area contributed by atoms with Gasteiger partial charge in [0.25, 0.3) is 0 Å². The number of hydrogen-bond acceptors (Lipinski definition) is 4. The van der Waals surface area contributed by atoms with E-state index >= 15 is 0 Å². The summed E-state index contributed by atoms with van der Waals surface area (Å²) < 4.78 is 11.4. The molecule has 0 aromatic carbocycles. The lowest BCUT2D eigenvalue weighted by atomic mass is 9.88. The van der Waals surface area contributed by atoms with Gasteiger partial charge in [0.15, 0.2) is 6.29 Å². The molecule has 2 saturated heterocycles. The molecular weight excluding hydrogens is 292 g/mol. The summed E-state index contributed by atoms with van der Waals surface area (Å²) in [6.45, 7) is 6.25. The monoisotopic (exact) mass is 324 g/mol. The molecule has 3 aliphatic rings. The summed E-state index contributed by atoms with van der Waals surface area (Å²) in [5.41, 5.74) is 0. The second-order valence-electron chi connectivity index (χ2n) is 7.17. The van der Waals surface area contributed by atoms with Crippen LogP contribution in [0.1, 0.15) is 51.4 Å². The predicted octanol–water partition coefficient (Wildman–Crippen LogP) is 2.25. The summed E-state index contributed by atoms with van der Waals surface area (Å²) in [4.78, 5) is 17.1. The van der Waals surface area contributed by atoms with Gasteiger partial charge in [-0.2, -0.15) is 0 Å². The van der Waals surface area contributed by atoms with Crippen LogP contribution in [0.3, 0.4) is 0 Å². The van der Waals surface area contributed by atoms with E-state index < -0.39 is 0 Å². The molecule has 0 unspecified atom stereocenters. The Morgan fingerprint density at radius 3 is 2.39 bits per heavy atom. The summed E-state index contributed by atoms with van der Waals surface area (Å²) in [5.74, 6) is 0.721. The van der Waals surface area contributed by atoms with Gasteiger partial charge in [0.2, 0.25) is 5.91 Å². The molecule has 132 valence electrons. The van der Waals surface area contributed by atoms with Gasteiger partial charge in [-0.3, -0.25) is 9.69 Å². The van der Waals surface area contributed by atoms with Crippen LogP contribution in [0.2, 0.25) is 0 Å². The van der Waals surface area contributed by atoms with Gasteiger partial charge in [-0.15, -0.1) is 0 Å². The molecule has 5 nitrogen and oxygen atoms in total. The number of piperazine rings is 1. The number of carbonyl (C=O) groups is 1. The largest absolute Gasteiger partial charge is 0.353 e. The van der Waals surface area contributed by atoms with E-state index in [-0.39, 0.29) is 6.29 Å². The summed E-state index contributed by atoms with van der Waals surface area (Å²) in [6.07, 6.45) is 9.41. The van der Waals surface area contributed by atoms with E-state index in [1.54, 1.807) is 0 Å². The normalized spacial score (nSPS) is 28.0. The van der Waals surface area contributed by atoms with Gasteiger partial charge in [-0.05, 0) is 32.1 Å². The minimum absolute atomic E-state index is 0.0120. The molecule has 0 spiro atoms. The molecule has 3 fully saturated rings. The lowest BCUT2D eigenvalue weighted by Gasteiger charge is -2.37. The number of carbonyl (C=O) groups excluding carboxylic acids is 1. The number of hydrogen-bond donors (Lipinski definition) is 0. The molecule has 1 atom stereocenters. The molecular formula is C18H32N2O3. The van der Waals surface area contributed by atoms with E-state index in [2.05, 4.69) is 9.80 Å². The summed E-state index contributed by atoms with van der Waals surface area (Å²) in [5, 5.41) is 0. The number of rotatable bonds is 5. The van der Waals surface area contributed by atoms with Crippen molar-refractivity contribution < 1.29 is 14.3 Å². The average Bonchev–Trinajstić information content (AvgIpc) is 2.63. The average molecular weight is 324 g/mol. The van der Waals surface area contributed by atoms with Crippen LogP contribution in [0.15, 0.2) is 0 Å². The lowest BCUT2D eigenvalue weighted by Crippen LogP contribution is -2.51. The maximum Gasteiger partial charge on any atom is 0.225 e. The molecule has 3 rings (SSSR count). The zero-order valence-corrected chi connectivity index (χ0v) is 14.4. The topological polar surface area (TPSA) is 42.0 Å². The third-order valence-corrected chi connectivity index (χ3v) is 5.49. The first-order valence-electron chi connectivity index (χ1n) is 9.57. The first-order valence-corrected chi connectivity index (χ1v) is 9.57. The van der Waals surface area contributed by atoms with Gasteiger partial charge in [0.1, 0.15) is 0 Å². The highest BCUT2D eigenvalue weighted by atomic mass is 16.7. The van der Waals surface area contributed by atoms with Gasteiger partial charge in [0, 0.05) is 45.2 Å². The molecule has 1 aliphatic carbocycles. The molecule has 5 heteroatoms. The highest BCUT2D eigenvalue weighted by Crippen LogP contribution is 2.25. The summed E-state index contributed by atoms with van der Waals surface area (Å²) in [6, 6.07) is 0. The van der Waals surface area contributed by atoms with Crippen molar-refractivity contribution >= 4 is 5.91 Å². The van der Waals surface area contributed by atoms with Crippen LogP contribution in [0, 0.1) is 5.92 Å². The molecule has 2 aliphatic heterocycles. The minimum atomic E-state index is 0.0120. The molecule has 0 N–H and O–H groups in total. The van der Waals surface area contributed by atoms with Gasteiger partial charge in [0.05, 0.1) is 6.61 Å². The van der Waals surface area contributed by atoms with Crippen LogP contribution in [0.5, 0.6) is 0 Å². The van der Waals surface area contributed by atoms with Crippen LogP contribution in [0.25, 0.3) is 0 Å². The highest BCUT2D eigenvalue weighted by molar-refractivity contribution is 5.79. The Hall–Kier alpha value is -0.650. The highest BCUT2D eigenvalue weighted by Gasteiger charge is 2.28. The standard InChI is InChI=1S/C18H32N2O3/c21-18(16-6-2-1-3-7-16)20-11-9-19(10-12-20)13-15-23-17-8-4-5-14-22-17/h16-17H,1-15H2/t17-/m1/s1. The van der Waals surface area contributed by atoms with E-state index in [4.69, 9.17) is 9.47 Å². The predicted molar refractivity (Wildman–Crippen MR) is 89.1 cm³/mol. The van der Waals surface area contributed by atoms with Gasteiger partial charge < -0.3 is 14.4 Å². The Balaban J connectivity index is 1.31. The minimum Gasteiger partial charge on any atom is -0.353 e. The first kappa shape index (κ1) is 17.2. The Morgan fingerprint density at radius 1 is 0.957 bits per heavy atom. The third-order valence-electron chi connectivity index (χ3n) is 5.49. The maximum atomic E-state index is 12.5. The van der Waals surface area contributed by atoms with Crippen LogP contribution in [-0.2, 0) is 14.3 Å². The fourth-order valence-corrected chi connectivity index (χ4v) is 3.96. The zero-order chi connectivity index (χ0) is 15.9. The van der Waals surface area contributed by atoms with E-state index in [1.807, 2.05) is 0 Å². The smallest absolute Gasteiger partial charge is 0.225 e. The van der Waals surface area contributed by atoms with Crippen molar-refractivity contribution in [3.63, 3.8) is 0 Å². The Bertz CT molecular complexity index is 357. The van der Waals surface area contributed by atoms with Gasteiger partial charge >= 0.3 is 0 Å². The van der Waals surface area contributed by atoms with Crippen LogP contribution < -0.4 is 0 Å². The van der Waals surface area contributed by atoms with E-state index in [0.29, 0.717) is 11.8 Å². The van der Waals surface area contributed by atoms with Crippen LogP contribution >= 0.6 is 0 Å². The van der Waals surface area contributed by atoms with Crippen molar-refractivity contribution in [2.45, 2.75) is 57.7 Å². The SMILES string of the molecule is O=C(C1CCCCC1)N1CCN(CCO[C@@H]2CCCCO2)CC1. The molecule has 0 aromatic heterocycles. The molecule has 0 aromatic rings. The summed E-state index contributed by atoms with van der Waals surface area (Å²) >= 11 is 0. The molecule has 0 radical (unpaired) electrons. The molecule has 1 amide bonds.